The molecular weight excluding hydrogens is 454 g/mol. The van der Waals surface area contributed by atoms with Gasteiger partial charge in [-0.15, -0.1) is 0 Å². The molecule has 36 heavy (non-hydrogen) atoms. The van der Waals surface area contributed by atoms with Crippen LogP contribution in [0, 0.1) is 6.92 Å². The Morgan fingerprint density at radius 1 is 1.31 bits per heavy atom. The minimum absolute atomic E-state index is 0.0221. The van der Waals surface area contributed by atoms with E-state index in [1.165, 1.54) is 6.08 Å². The van der Waals surface area contributed by atoms with Gasteiger partial charge >= 0.3 is 0 Å². The highest BCUT2D eigenvalue weighted by atomic mass is 16.5. The average Bonchev–Trinajstić information content (AvgIpc) is 3.45. The van der Waals surface area contributed by atoms with Gasteiger partial charge in [0.2, 0.25) is 11.8 Å². The Kier molecular flexibility index (Phi) is 6.43. The monoisotopic (exact) mass is 485 g/mol. The van der Waals surface area contributed by atoms with Crippen molar-refractivity contribution in [2.75, 3.05) is 13.1 Å². The number of hydrogen-bond donors (Lipinski definition) is 1. The van der Waals surface area contributed by atoms with E-state index in [9.17, 15) is 9.59 Å². The summed E-state index contributed by atoms with van der Waals surface area (Å²) in [6, 6.07) is 8.28. The van der Waals surface area contributed by atoms with Crippen molar-refractivity contribution in [1.82, 2.24) is 25.3 Å². The summed E-state index contributed by atoms with van der Waals surface area (Å²) in [6.45, 7) is 9.54. The molecule has 0 unspecified atom stereocenters. The van der Waals surface area contributed by atoms with Gasteiger partial charge in [-0.3, -0.25) is 14.6 Å². The lowest BCUT2D eigenvalue weighted by molar-refractivity contribution is -0.127. The second-order valence-corrected chi connectivity index (χ2v) is 10.1. The molecule has 3 heterocycles. The van der Waals surface area contributed by atoms with E-state index in [-0.39, 0.29) is 29.0 Å². The fourth-order valence-corrected chi connectivity index (χ4v) is 4.83. The number of nitrogens with one attached hydrogen (secondary N) is 1. The normalized spacial score (nSPS) is 18.5. The SMILES string of the molecule is C=CC(=O)N1CCC[C@H](c2cnccc2-c2ccc(CNC(=O)c3noc(C4(C)CC4)n3)c(C)c2)C1. The van der Waals surface area contributed by atoms with Crippen LogP contribution in [0.25, 0.3) is 11.1 Å². The number of hydrogen-bond acceptors (Lipinski definition) is 6. The molecule has 2 aromatic heterocycles. The maximum Gasteiger partial charge on any atom is 0.292 e. The van der Waals surface area contributed by atoms with Crippen LogP contribution in [0.4, 0.5) is 0 Å². The first kappa shape index (κ1) is 23.9. The number of piperidine rings is 1. The maximum atomic E-state index is 12.6. The molecule has 5 rings (SSSR count). The zero-order chi connectivity index (χ0) is 25.3. The van der Waals surface area contributed by atoms with Crippen LogP contribution in [-0.2, 0) is 16.8 Å². The number of amides is 2. The summed E-state index contributed by atoms with van der Waals surface area (Å²) >= 11 is 0. The highest BCUT2D eigenvalue weighted by Crippen LogP contribution is 2.46. The van der Waals surface area contributed by atoms with Gasteiger partial charge in [-0.2, -0.15) is 4.98 Å². The van der Waals surface area contributed by atoms with E-state index in [0.717, 1.165) is 60.0 Å². The summed E-state index contributed by atoms with van der Waals surface area (Å²) in [7, 11) is 0. The molecule has 0 radical (unpaired) electrons. The standard InChI is InChI=1S/C28H31N5O3/c1-4-24(34)33-13-5-6-21(17-33)23-16-29-12-9-22(23)19-7-8-20(18(2)14-19)15-30-26(35)25-31-27(36-32-25)28(3)10-11-28/h4,7-9,12,14,16,21H,1,5-6,10-11,13,15,17H2,2-3H3,(H,30,35)/t21-/m0/s1. The van der Waals surface area contributed by atoms with Gasteiger partial charge in [-0.05, 0) is 72.6 Å². The minimum Gasteiger partial charge on any atom is -0.345 e. The number of benzene rings is 1. The molecule has 2 aliphatic rings. The smallest absolute Gasteiger partial charge is 0.292 e. The van der Waals surface area contributed by atoms with Gasteiger partial charge in [-0.25, -0.2) is 0 Å². The van der Waals surface area contributed by atoms with Crippen LogP contribution in [0.15, 0.2) is 53.8 Å². The number of aryl methyl sites for hydroxylation is 1. The fourth-order valence-electron chi connectivity index (χ4n) is 4.83. The van der Waals surface area contributed by atoms with E-state index in [2.05, 4.69) is 46.1 Å². The average molecular weight is 486 g/mol. The van der Waals surface area contributed by atoms with Crippen molar-refractivity contribution in [2.45, 2.75) is 57.4 Å². The van der Waals surface area contributed by atoms with Gasteiger partial charge < -0.3 is 14.7 Å². The predicted octanol–water partition coefficient (Wildman–Crippen LogP) is 4.31. The lowest BCUT2D eigenvalue weighted by Gasteiger charge is -2.33. The molecule has 2 amide bonds. The van der Waals surface area contributed by atoms with Crippen molar-refractivity contribution in [3.63, 3.8) is 0 Å². The molecule has 1 saturated heterocycles. The Labute approximate surface area is 210 Å². The summed E-state index contributed by atoms with van der Waals surface area (Å²) in [5.41, 5.74) is 5.38. The molecule has 0 bridgehead atoms. The van der Waals surface area contributed by atoms with Crippen LogP contribution in [0.1, 0.15) is 71.7 Å². The third kappa shape index (κ3) is 4.80. The Hall–Kier alpha value is -3.81. The van der Waals surface area contributed by atoms with Gasteiger partial charge in [-0.1, -0.05) is 36.9 Å². The molecule has 8 nitrogen and oxygen atoms in total. The van der Waals surface area contributed by atoms with Crippen molar-refractivity contribution < 1.29 is 14.1 Å². The third-order valence-corrected chi connectivity index (χ3v) is 7.44. The Bertz CT molecular complexity index is 1310. The van der Waals surface area contributed by atoms with Gasteiger partial charge in [0.25, 0.3) is 11.7 Å². The number of likely N-dealkylation sites (tertiary alicyclic amines) is 1. The fraction of sp³-hybridized carbons (Fsp3) is 0.393. The molecule has 1 N–H and O–H groups in total. The highest BCUT2D eigenvalue weighted by molar-refractivity contribution is 5.90. The zero-order valence-corrected chi connectivity index (χ0v) is 20.8. The van der Waals surface area contributed by atoms with Gasteiger partial charge in [0.15, 0.2) is 0 Å². The van der Waals surface area contributed by atoms with E-state index >= 15 is 0 Å². The van der Waals surface area contributed by atoms with Crippen LogP contribution < -0.4 is 5.32 Å². The van der Waals surface area contributed by atoms with E-state index in [4.69, 9.17) is 4.52 Å². The first-order valence-corrected chi connectivity index (χ1v) is 12.5. The lowest BCUT2D eigenvalue weighted by Crippen LogP contribution is -2.38. The number of rotatable bonds is 7. The Morgan fingerprint density at radius 3 is 2.89 bits per heavy atom. The molecule has 1 saturated carbocycles. The number of carbonyl (C=O) groups is 2. The van der Waals surface area contributed by atoms with Crippen LogP contribution in [0.3, 0.4) is 0 Å². The molecule has 1 aliphatic heterocycles. The molecule has 186 valence electrons. The minimum atomic E-state index is -0.343. The Morgan fingerprint density at radius 2 is 2.14 bits per heavy atom. The van der Waals surface area contributed by atoms with E-state index in [1.807, 2.05) is 30.2 Å². The van der Waals surface area contributed by atoms with Crippen LogP contribution >= 0.6 is 0 Å². The summed E-state index contributed by atoms with van der Waals surface area (Å²) in [6.07, 6.45) is 9.10. The van der Waals surface area contributed by atoms with E-state index < -0.39 is 0 Å². The largest absolute Gasteiger partial charge is 0.345 e. The van der Waals surface area contributed by atoms with Gasteiger partial charge in [0.1, 0.15) is 0 Å². The van der Waals surface area contributed by atoms with Crippen molar-refractivity contribution in [3.05, 3.63) is 77.7 Å². The molecule has 1 aromatic carbocycles. The Balaban J connectivity index is 1.29. The summed E-state index contributed by atoms with van der Waals surface area (Å²) in [5.74, 6) is 0.473. The van der Waals surface area contributed by atoms with E-state index in [1.54, 1.807) is 6.20 Å². The topological polar surface area (TPSA) is 101 Å². The predicted molar refractivity (Wildman–Crippen MR) is 135 cm³/mol. The highest BCUT2D eigenvalue weighted by Gasteiger charge is 2.44. The molecule has 1 aliphatic carbocycles. The second kappa shape index (κ2) is 9.68. The van der Waals surface area contributed by atoms with Crippen molar-refractivity contribution in [3.8, 4) is 11.1 Å². The third-order valence-electron chi connectivity index (χ3n) is 7.44. The molecule has 8 heteroatoms. The van der Waals surface area contributed by atoms with Crippen LogP contribution in [0.2, 0.25) is 0 Å². The number of nitrogens with zero attached hydrogens (tertiary/aromatic N) is 4. The number of carbonyl (C=O) groups excluding carboxylic acids is 2. The van der Waals surface area contributed by atoms with Crippen molar-refractivity contribution in [2.24, 2.45) is 0 Å². The molecule has 3 aromatic rings. The maximum absolute atomic E-state index is 12.6. The molecule has 1 atom stereocenters. The van der Waals surface area contributed by atoms with Gasteiger partial charge in [0, 0.05) is 43.4 Å². The quantitative estimate of drug-likeness (QED) is 0.501. The molecule has 2 fully saturated rings. The van der Waals surface area contributed by atoms with E-state index in [0.29, 0.717) is 19.0 Å². The number of aromatic nitrogens is 3. The zero-order valence-electron chi connectivity index (χ0n) is 20.8. The summed E-state index contributed by atoms with van der Waals surface area (Å²) in [5, 5.41) is 6.76. The van der Waals surface area contributed by atoms with Crippen molar-refractivity contribution in [1.29, 1.82) is 0 Å². The number of pyridine rings is 1. The summed E-state index contributed by atoms with van der Waals surface area (Å²) < 4.78 is 5.29. The van der Waals surface area contributed by atoms with Crippen LogP contribution in [0.5, 0.6) is 0 Å². The van der Waals surface area contributed by atoms with Gasteiger partial charge in [0.05, 0.1) is 0 Å². The lowest BCUT2D eigenvalue weighted by atomic mass is 9.86. The van der Waals surface area contributed by atoms with Crippen LogP contribution in [-0.4, -0.2) is 44.9 Å². The molecule has 0 spiro atoms. The second-order valence-electron chi connectivity index (χ2n) is 10.1. The van der Waals surface area contributed by atoms with Crippen molar-refractivity contribution >= 4 is 11.8 Å². The molecular formula is C28H31N5O3. The first-order valence-electron chi connectivity index (χ1n) is 12.5. The first-order chi connectivity index (χ1) is 17.4. The summed E-state index contributed by atoms with van der Waals surface area (Å²) in [4.78, 5) is 35.3.